The van der Waals surface area contributed by atoms with Crippen LogP contribution >= 0.6 is 0 Å². The van der Waals surface area contributed by atoms with Crippen molar-refractivity contribution in [2.75, 3.05) is 13.6 Å². The fraction of sp³-hybridized carbons (Fsp3) is 0.444. The van der Waals surface area contributed by atoms with Crippen LogP contribution in [0.1, 0.15) is 36.0 Å². The van der Waals surface area contributed by atoms with E-state index in [9.17, 15) is 9.90 Å². The largest absolute Gasteiger partial charge is 0.393 e. The van der Waals surface area contributed by atoms with Crippen LogP contribution in [0, 0.1) is 5.92 Å². The number of pyridine rings is 1. The normalized spacial score (nSPS) is 21.7. The first-order valence-electron chi connectivity index (χ1n) is 7.94. The second-order valence-electron chi connectivity index (χ2n) is 6.17. The second kappa shape index (κ2) is 6.44. The molecule has 0 aliphatic heterocycles. The fourth-order valence-electron chi connectivity index (χ4n) is 3.33. The van der Waals surface area contributed by atoms with Gasteiger partial charge in [-0.05, 0) is 31.0 Å². The number of fused-ring (bicyclic) bond motifs is 1. The number of aliphatic hydroxyl groups excluding tert-OH is 1. The first-order valence-corrected chi connectivity index (χ1v) is 7.94. The molecular weight excluding hydrogens is 276 g/mol. The van der Waals surface area contributed by atoms with Crippen molar-refractivity contribution in [1.82, 2.24) is 9.88 Å². The van der Waals surface area contributed by atoms with E-state index >= 15 is 0 Å². The minimum Gasteiger partial charge on any atom is -0.393 e. The molecule has 2 atom stereocenters. The molecule has 3 rings (SSSR count). The molecule has 1 aliphatic carbocycles. The number of carbonyl (C=O) groups is 1. The van der Waals surface area contributed by atoms with E-state index in [1.807, 2.05) is 37.4 Å². The van der Waals surface area contributed by atoms with E-state index in [-0.39, 0.29) is 17.9 Å². The Hall–Kier alpha value is -1.94. The number of aromatic nitrogens is 1. The van der Waals surface area contributed by atoms with Crippen molar-refractivity contribution >= 4 is 16.8 Å². The lowest BCUT2D eigenvalue weighted by atomic mass is 9.86. The van der Waals surface area contributed by atoms with Gasteiger partial charge in [-0.3, -0.25) is 9.78 Å². The number of aliphatic hydroxyl groups is 1. The summed E-state index contributed by atoms with van der Waals surface area (Å²) in [6.45, 7) is 0.608. The molecule has 4 nitrogen and oxygen atoms in total. The summed E-state index contributed by atoms with van der Waals surface area (Å²) < 4.78 is 0. The first kappa shape index (κ1) is 15.0. The highest BCUT2D eigenvalue weighted by atomic mass is 16.3. The highest BCUT2D eigenvalue weighted by molar-refractivity contribution is 6.06. The van der Waals surface area contributed by atoms with Gasteiger partial charge in [0.1, 0.15) is 0 Å². The fourth-order valence-corrected chi connectivity index (χ4v) is 3.33. The number of rotatable bonds is 3. The van der Waals surface area contributed by atoms with E-state index in [1.54, 1.807) is 11.1 Å². The predicted octanol–water partition coefficient (Wildman–Crippen LogP) is 2.86. The molecule has 116 valence electrons. The monoisotopic (exact) mass is 298 g/mol. The second-order valence-corrected chi connectivity index (χ2v) is 6.17. The molecule has 0 radical (unpaired) electrons. The van der Waals surface area contributed by atoms with Crippen LogP contribution in [0.15, 0.2) is 36.5 Å². The van der Waals surface area contributed by atoms with Crippen LogP contribution in [0.2, 0.25) is 0 Å². The molecule has 0 saturated heterocycles. The van der Waals surface area contributed by atoms with Gasteiger partial charge >= 0.3 is 0 Å². The molecule has 2 aromatic rings. The van der Waals surface area contributed by atoms with Gasteiger partial charge in [0.2, 0.25) is 0 Å². The number of hydrogen-bond donors (Lipinski definition) is 1. The van der Waals surface area contributed by atoms with Gasteiger partial charge in [-0.2, -0.15) is 0 Å². The van der Waals surface area contributed by atoms with Crippen molar-refractivity contribution in [3.05, 3.63) is 42.1 Å². The number of nitrogens with zero attached hydrogens (tertiary/aromatic N) is 2. The lowest BCUT2D eigenvalue weighted by Gasteiger charge is -2.31. The summed E-state index contributed by atoms with van der Waals surface area (Å²) in [6.07, 6.45) is 5.53. The summed E-state index contributed by atoms with van der Waals surface area (Å²) in [5, 5.41) is 11.0. The quantitative estimate of drug-likeness (QED) is 0.948. The zero-order chi connectivity index (χ0) is 15.5. The Morgan fingerprint density at radius 2 is 2.09 bits per heavy atom. The van der Waals surface area contributed by atoms with E-state index < -0.39 is 0 Å². The zero-order valence-electron chi connectivity index (χ0n) is 12.9. The Morgan fingerprint density at radius 3 is 2.91 bits per heavy atom. The van der Waals surface area contributed by atoms with E-state index in [1.165, 1.54) is 0 Å². The van der Waals surface area contributed by atoms with Gasteiger partial charge in [-0.15, -0.1) is 0 Å². The maximum absolute atomic E-state index is 12.8. The molecule has 1 aromatic carbocycles. The number of amides is 1. The lowest BCUT2D eigenvalue weighted by Crippen LogP contribution is -2.38. The van der Waals surface area contributed by atoms with Gasteiger partial charge < -0.3 is 10.0 Å². The summed E-state index contributed by atoms with van der Waals surface area (Å²) in [6, 6.07) is 9.41. The summed E-state index contributed by atoms with van der Waals surface area (Å²) >= 11 is 0. The topological polar surface area (TPSA) is 53.4 Å². The van der Waals surface area contributed by atoms with Gasteiger partial charge in [-0.1, -0.05) is 25.0 Å². The average molecular weight is 298 g/mol. The van der Waals surface area contributed by atoms with Crippen LogP contribution in [0.5, 0.6) is 0 Å². The molecule has 1 amide bonds. The van der Waals surface area contributed by atoms with Gasteiger partial charge in [0.15, 0.2) is 0 Å². The standard InChI is InChI=1S/C18H22N2O2/c1-20(12-13-6-2-3-10-17(13)21)18(22)15-7-4-9-16-14(15)8-5-11-19-16/h4-5,7-9,11,13,17,21H,2-3,6,10,12H2,1H3. The van der Waals surface area contributed by atoms with E-state index in [0.717, 1.165) is 36.6 Å². The minimum atomic E-state index is -0.279. The molecule has 22 heavy (non-hydrogen) atoms. The Kier molecular flexibility index (Phi) is 4.39. The van der Waals surface area contributed by atoms with Crippen LogP contribution in [0.4, 0.5) is 0 Å². The molecule has 1 saturated carbocycles. The minimum absolute atomic E-state index is 0.00336. The molecule has 1 aliphatic rings. The van der Waals surface area contributed by atoms with Gasteiger partial charge in [-0.25, -0.2) is 0 Å². The Bertz CT molecular complexity index is 666. The van der Waals surface area contributed by atoms with E-state index in [2.05, 4.69) is 4.98 Å². The molecule has 0 spiro atoms. The first-order chi connectivity index (χ1) is 10.7. The van der Waals surface area contributed by atoms with Crippen LogP contribution in [-0.4, -0.2) is 40.6 Å². The Morgan fingerprint density at radius 1 is 1.27 bits per heavy atom. The average Bonchev–Trinajstić information content (AvgIpc) is 2.55. The smallest absolute Gasteiger partial charge is 0.254 e. The SMILES string of the molecule is CN(CC1CCCCC1O)C(=O)c1cccc2ncccc12. The molecule has 1 heterocycles. The van der Waals surface area contributed by atoms with Crippen molar-refractivity contribution in [3.8, 4) is 0 Å². The van der Waals surface area contributed by atoms with E-state index in [0.29, 0.717) is 12.1 Å². The van der Waals surface area contributed by atoms with Gasteiger partial charge in [0.05, 0.1) is 11.6 Å². The highest BCUT2D eigenvalue weighted by Crippen LogP contribution is 2.26. The van der Waals surface area contributed by atoms with Crippen molar-refractivity contribution < 1.29 is 9.90 Å². The zero-order valence-corrected chi connectivity index (χ0v) is 12.9. The Labute approximate surface area is 130 Å². The van der Waals surface area contributed by atoms with Crippen LogP contribution in [0.25, 0.3) is 10.9 Å². The molecule has 1 N–H and O–H groups in total. The molecular formula is C18H22N2O2. The third kappa shape index (κ3) is 2.97. The summed E-state index contributed by atoms with van der Waals surface area (Å²) in [4.78, 5) is 18.8. The summed E-state index contributed by atoms with van der Waals surface area (Å²) in [5.41, 5.74) is 1.51. The third-order valence-corrected chi connectivity index (χ3v) is 4.60. The van der Waals surface area contributed by atoms with Crippen molar-refractivity contribution in [2.45, 2.75) is 31.8 Å². The molecule has 1 aromatic heterocycles. The molecule has 1 fully saturated rings. The van der Waals surface area contributed by atoms with Crippen LogP contribution in [0.3, 0.4) is 0 Å². The van der Waals surface area contributed by atoms with Gasteiger partial charge in [0.25, 0.3) is 5.91 Å². The van der Waals surface area contributed by atoms with Crippen LogP contribution in [-0.2, 0) is 0 Å². The maximum atomic E-state index is 12.8. The van der Waals surface area contributed by atoms with Crippen molar-refractivity contribution in [1.29, 1.82) is 0 Å². The highest BCUT2D eigenvalue weighted by Gasteiger charge is 2.26. The lowest BCUT2D eigenvalue weighted by molar-refractivity contribution is 0.0452. The summed E-state index contributed by atoms with van der Waals surface area (Å²) in [7, 11) is 1.82. The number of benzene rings is 1. The Balaban J connectivity index is 1.80. The maximum Gasteiger partial charge on any atom is 0.254 e. The van der Waals surface area contributed by atoms with Crippen LogP contribution < -0.4 is 0 Å². The summed E-state index contributed by atoms with van der Waals surface area (Å²) in [5.74, 6) is 0.187. The predicted molar refractivity (Wildman–Crippen MR) is 86.7 cm³/mol. The molecule has 0 bridgehead atoms. The molecule has 2 unspecified atom stereocenters. The van der Waals surface area contributed by atoms with Crippen molar-refractivity contribution in [2.24, 2.45) is 5.92 Å². The molecule has 4 heteroatoms. The number of hydrogen-bond acceptors (Lipinski definition) is 3. The number of carbonyl (C=O) groups excluding carboxylic acids is 1. The van der Waals surface area contributed by atoms with Crippen molar-refractivity contribution in [3.63, 3.8) is 0 Å². The van der Waals surface area contributed by atoms with E-state index in [4.69, 9.17) is 0 Å². The third-order valence-electron chi connectivity index (χ3n) is 4.60. The van der Waals surface area contributed by atoms with Gasteiger partial charge in [0, 0.05) is 36.7 Å².